The highest BCUT2D eigenvalue weighted by Gasteiger charge is 2.45. The monoisotopic (exact) mass is 367 g/mol. The van der Waals surface area contributed by atoms with Gasteiger partial charge in [-0.2, -0.15) is 0 Å². The molecule has 1 aliphatic heterocycles. The number of nitrogens with zero attached hydrogens (tertiary/aromatic N) is 3. The molecule has 3 heterocycles. The van der Waals surface area contributed by atoms with Gasteiger partial charge in [-0.15, -0.1) is 0 Å². The van der Waals surface area contributed by atoms with E-state index in [2.05, 4.69) is 35.9 Å². The summed E-state index contributed by atoms with van der Waals surface area (Å²) in [7, 11) is 1.60. The van der Waals surface area contributed by atoms with Gasteiger partial charge >= 0.3 is 0 Å². The molecule has 3 rings (SSSR count). The second kappa shape index (κ2) is 7.88. The van der Waals surface area contributed by atoms with Crippen molar-refractivity contribution < 1.29 is 24.9 Å². The molecule has 26 heavy (non-hydrogen) atoms. The van der Waals surface area contributed by atoms with E-state index in [9.17, 15) is 20.1 Å². The van der Waals surface area contributed by atoms with Gasteiger partial charge in [0.2, 0.25) is 5.91 Å². The van der Waals surface area contributed by atoms with Crippen molar-refractivity contribution in [3.05, 3.63) is 12.7 Å². The zero-order valence-electron chi connectivity index (χ0n) is 14.0. The number of aromatic nitrogens is 4. The van der Waals surface area contributed by atoms with Gasteiger partial charge in [0.1, 0.15) is 30.2 Å². The molecule has 2 aromatic rings. The molecule has 1 aliphatic rings. The van der Waals surface area contributed by atoms with Crippen LogP contribution in [0.1, 0.15) is 0 Å². The number of carbonyl (C=O) groups excluding carboxylic acids is 1. The number of aromatic amines is 1. The molecule has 0 spiro atoms. The Balaban J connectivity index is 1.76. The van der Waals surface area contributed by atoms with Crippen molar-refractivity contribution in [3.8, 4) is 0 Å². The molecular formula is C14H21N7O5. The summed E-state index contributed by atoms with van der Waals surface area (Å²) in [6, 6.07) is -0.966. The molecule has 0 unspecified atom stereocenters. The van der Waals surface area contributed by atoms with E-state index in [1.807, 2.05) is 0 Å². The molecule has 0 aromatic carbocycles. The van der Waals surface area contributed by atoms with Gasteiger partial charge in [0.25, 0.3) is 0 Å². The van der Waals surface area contributed by atoms with Gasteiger partial charge in [-0.05, 0) is 7.05 Å². The van der Waals surface area contributed by atoms with E-state index in [0.29, 0.717) is 17.0 Å². The number of rotatable bonds is 6. The number of aliphatic hydroxyl groups excluding tert-OH is 3. The maximum absolute atomic E-state index is 11.8. The lowest BCUT2D eigenvalue weighted by atomic mass is 9.95. The zero-order valence-corrected chi connectivity index (χ0v) is 14.0. The Morgan fingerprint density at radius 3 is 2.85 bits per heavy atom. The smallest absolute Gasteiger partial charge is 0.234 e. The van der Waals surface area contributed by atoms with Gasteiger partial charge in [-0.1, -0.05) is 0 Å². The number of anilines is 1. The number of fused-ring (bicyclic) bond motifs is 1. The predicted octanol–water partition coefficient (Wildman–Crippen LogP) is -3.09. The van der Waals surface area contributed by atoms with E-state index >= 15 is 0 Å². The number of likely N-dealkylation sites (N-methyl/N-ethyl adjacent to an activating group) is 1. The summed E-state index contributed by atoms with van der Waals surface area (Å²) in [6.07, 6.45) is -2.00. The van der Waals surface area contributed by atoms with Crippen LogP contribution in [0.2, 0.25) is 0 Å². The van der Waals surface area contributed by atoms with E-state index in [1.165, 1.54) is 12.7 Å². The normalized spacial score (nSPS) is 28.8. The third-order valence-corrected chi connectivity index (χ3v) is 4.10. The van der Waals surface area contributed by atoms with Crippen molar-refractivity contribution in [2.24, 2.45) is 0 Å². The average molecular weight is 367 g/mol. The Morgan fingerprint density at radius 2 is 2.12 bits per heavy atom. The van der Waals surface area contributed by atoms with Gasteiger partial charge in [0.15, 0.2) is 17.7 Å². The van der Waals surface area contributed by atoms with E-state index in [0.717, 1.165) is 0 Å². The lowest BCUT2D eigenvalue weighted by molar-refractivity contribution is -0.185. The summed E-state index contributed by atoms with van der Waals surface area (Å²) in [5.74, 6) is -0.0784. The van der Waals surface area contributed by atoms with Crippen molar-refractivity contribution >= 4 is 22.9 Å². The number of aliphatic hydroxyl groups is 3. The van der Waals surface area contributed by atoms with Gasteiger partial charge in [-0.25, -0.2) is 15.0 Å². The molecule has 2 aromatic heterocycles. The van der Waals surface area contributed by atoms with Crippen LogP contribution in [0.15, 0.2) is 12.7 Å². The fourth-order valence-electron chi connectivity index (χ4n) is 2.83. The van der Waals surface area contributed by atoms with Crippen LogP contribution in [-0.4, -0.2) is 91.9 Å². The number of H-pyrrole nitrogens is 1. The van der Waals surface area contributed by atoms with Crippen LogP contribution in [0.3, 0.4) is 0 Å². The van der Waals surface area contributed by atoms with Crippen molar-refractivity contribution in [2.75, 3.05) is 25.5 Å². The molecule has 12 heteroatoms. The Labute approximate surface area is 148 Å². The number of hydrogen-bond acceptors (Lipinski definition) is 10. The van der Waals surface area contributed by atoms with Crippen molar-refractivity contribution in [3.63, 3.8) is 0 Å². The van der Waals surface area contributed by atoms with Gasteiger partial charge in [0.05, 0.1) is 25.5 Å². The number of hydrogen-bond donors (Lipinski definition) is 7. The Hall–Kier alpha value is -2.38. The second-order valence-corrected chi connectivity index (χ2v) is 5.85. The number of amides is 1. The minimum atomic E-state index is -1.38. The lowest BCUT2D eigenvalue weighted by Crippen LogP contribution is -2.66. The van der Waals surface area contributed by atoms with E-state index in [1.54, 1.807) is 7.05 Å². The fraction of sp³-hybridized carbons (Fsp3) is 0.571. The largest absolute Gasteiger partial charge is 0.394 e. The standard InChI is InChI=1S/C14H21N7O5/c1-15-2-7(23)20-8-6(3-22)26-14(11(25)10(8)24)21-13-9-12(17-4-16-9)18-5-19-13/h4-6,8,10-11,14-15,22,24-25H,2-3H2,1H3,(H,20,23)(H2,16,17,18,19,21)/t6-,8-,10+,11-,14-/m0/s1. The van der Waals surface area contributed by atoms with Crippen molar-refractivity contribution in [1.82, 2.24) is 30.6 Å². The van der Waals surface area contributed by atoms with Crippen LogP contribution in [0, 0.1) is 0 Å². The van der Waals surface area contributed by atoms with Crippen LogP contribution in [0.25, 0.3) is 11.2 Å². The van der Waals surface area contributed by atoms with Gasteiger partial charge in [0, 0.05) is 0 Å². The SMILES string of the molecule is CNCC(=O)N[C@@H]1[C@@H](O)[C@H](O)[C@@H](Nc2ncnc3nc[nH]c23)O[C@H]1CO. The highest BCUT2D eigenvalue weighted by Crippen LogP contribution is 2.24. The molecule has 1 saturated heterocycles. The third-order valence-electron chi connectivity index (χ3n) is 4.10. The minimum Gasteiger partial charge on any atom is -0.394 e. The molecule has 0 bridgehead atoms. The number of nitrogens with one attached hydrogen (secondary N) is 4. The highest BCUT2D eigenvalue weighted by molar-refractivity contribution is 5.82. The molecule has 1 amide bonds. The Bertz CT molecular complexity index is 754. The maximum Gasteiger partial charge on any atom is 0.234 e. The predicted molar refractivity (Wildman–Crippen MR) is 88.9 cm³/mol. The summed E-state index contributed by atoms with van der Waals surface area (Å²) in [4.78, 5) is 26.7. The summed E-state index contributed by atoms with van der Waals surface area (Å²) in [5.41, 5.74) is 0.923. The maximum atomic E-state index is 11.8. The summed E-state index contributed by atoms with van der Waals surface area (Å²) >= 11 is 0. The topological polar surface area (TPSA) is 178 Å². The van der Waals surface area contributed by atoms with Crippen molar-refractivity contribution in [2.45, 2.75) is 30.6 Å². The molecule has 1 fully saturated rings. The highest BCUT2D eigenvalue weighted by atomic mass is 16.5. The first kappa shape index (κ1) is 18.4. The molecule has 12 nitrogen and oxygen atoms in total. The quantitative estimate of drug-likeness (QED) is 0.277. The van der Waals surface area contributed by atoms with Crippen LogP contribution < -0.4 is 16.0 Å². The summed E-state index contributed by atoms with van der Waals surface area (Å²) in [5, 5.41) is 38.5. The Morgan fingerprint density at radius 1 is 1.31 bits per heavy atom. The molecule has 0 radical (unpaired) electrons. The number of imidazole rings is 1. The lowest BCUT2D eigenvalue weighted by Gasteiger charge is -2.42. The fourth-order valence-corrected chi connectivity index (χ4v) is 2.83. The van der Waals surface area contributed by atoms with E-state index in [4.69, 9.17) is 4.74 Å². The molecular weight excluding hydrogens is 346 g/mol. The van der Waals surface area contributed by atoms with E-state index in [-0.39, 0.29) is 6.54 Å². The van der Waals surface area contributed by atoms with Gasteiger partial charge in [-0.3, -0.25) is 4.79 Å². The van der Waals surface area contributed by atoms with Crippen LogP contribution in [0.4, 0.5) is 5.82 Å². The summed E-state index contributed by atoms with van der Waals surface area (Å²) < 4.78 is 5.64. The molecule has 0 aliphatic carbocycles. The van der Waals surface area contributed by atoms with Crippen LogP contribution in [-0.2, 0) is 9.53 Å². The van der Waals surface area contributed by atoms with Crippen molar-refractivity contribution in [1.29, 1.82) is 0 Å². The first-order chi connectivity index (χ1) is 12.5. The Kier molecular flexibility index (Phi) is 5.58. The second-order valence-electron chi connectivity index (χ2n) is 5.85. The number of ether oxygens (including phenoxy) is 1. The van der Waals surface area contributed by atoms with Crippen LogP contribution in [0.5, 0.6) is 0 Å². The zero-order chi connectivity index (χ0) is 18.7. The number of carbonyl (C=O) groups is 1. The van der Waals surface area contributed by atoms with Gasteiger partial charge < -0.3 is 41.0 Å². The molecule has 0 saturated carbocycles. The molecule has 5 atom stereocenters. The molecule has 7 N–H and O–H groups in total. The third kappa shape index (κ3) is 3.59. The van der Waals surface area contributed by atoms with E-state index < -0.39 is 43.1 Å². The minimum absolute atomic E-state index is 0.0257. The first-order valence-corrected chi connectivity index (χ1v) is 8.02. The summed E-state index contributed by atoms with van der Waals surface area (Å²) in [6.45, 7) is -0.437. The molecule has 142 valence electrons. The average Bonchev–Trinajstić information content (AvgIpc) is 3.11. The first-order valence-electron chi connectivity index (χ1n) is 8.02. The van der Waals surface area contributed by atoms with Crippen LogP contribution >= 0.6 is 0 Å².